The number of hydrogen-bond acceptors (Lipinski definition) is 2. The number of anilines is 2. The Morgan fingerprint density at radius 3 is 2.40 bits per heavy atom. The van der Waals surface area contributed by atoms with Gasteiger partial charge in [0.25, 0.3) is 5.91 Å². The monoisotopic (exact) mass is 288 g/mol. The first-order chi connectivity index (χ1) is 9.51. The van der Waals surface area contributed by atoms with Gasteiger partial charge in [0, 0.05) is 28.5 Å². The second-order valence-electron chi connectivity index (χ2n) is 4.66. The highest BCUT2D eigenvalue weighted by molar-refractivity contribution is 6.31. The SMILES string of the molecule is CCN(C(=O)c1cc(N)cc(Cl)c1)c1ccc(C)cc1. The van der Waals surface area contributed by atoms with Crippen LogP contribution in [-0.4, -0.2) is 12.5 Å². The van der Waals surface area contributed by atoms with E-state index in [-0.39, 0.29) is 5.91 Å². The maximum Gasteiger partial charge on any atom is 0.258 e. The van der Waals surface area contributed by atoms with Crippen molar-refractivity contribution in [3.63, 3.8) is 0 Å². The van der Waals surface area contributed by atoms with Crippen LogP contribution in [0.1, 0.15) is 22.8 Å². The minimum Gasteiger partial charge on any atom is -0.399 e. The number of nitrogen functional groups attached to an aromatic ring is 1. The average Bonchev–Trinajstić information content (AvgIpc) is 2.40. The summed E-state index contributed by atoms with van der Waals surface area (Å²) in [5, 5.41) is 0.466. The summed E-state index contributed by atoms with van der Waals surface area (Å²) in [5.74, 6) is -0.106. The van der Waals surface area contributed by atoms with Crippen molar-refractivity contribution in [1.82, 2.24) is 0 Å². The summed E-state index contributed by atoms with van der Waals surface area (Å²) in [6, 6.07) is 12.7. The summed E-state index contributed by atoms with van der Waals surface area (Å²) < 4.78 is 0. The highest BCUT2D eigenvalue weighted by Gasteiger charge is 2.16. The lowest BCUT2D eigenvalue weighted by Gasteiger charge is -2.21. The summed E-state index contributed by atoms with van der Waals surface area (Å²) >= 11 is 5.96. The fourth-order valence-electron chi connectivity index (χ4n) is 2.06. The van der Waals surface area contributed by atoms with Gasteiger partial charge in [-0.05, 0) is 44.2 Å². The Morgan fingerprint density at radius 1 is 1.20 bits per heavy atom. The molecule has 0 radical (unpaired) electrons. The molecule has 0 saturated carbocycles. The zero-order chi connectivity index (χ0) is 14.7. The molecule has 2 aromatic carbocycles. The lowest BCUT2D eigenvalue weighted by Crippen LogP contribution is -2.30. The van der Waals surface area contributed by atoms with E-state index in [0.717, 1.165) is 11.3 Å². The molecule has 0 aliphatic heterocycles. The van der Waals surface area contributed by atoms with Gasteiger partial charge in [-0.3, -0.25) is 4.79 Å². The molecule has 0 saturated heterocycles. The van der Waals surface area contributed by atoms with Crippen LogP contribution < -0.4 is 10.6 Å². The van der Waals surface area contributed by atoms with E-state index in [9.17, 15) is 4.79 Å². The lowest BCUT2D eigenvalue weighted by atomic mass is 10.1. The number of carbonyl (C=O) groups excluding carboxylic acids is 1. The van der Waals surface area contributed by atoms with Crippen LogP contribution in [0.3, 0.4) is 0 Å². The molecule has 0 aromatic heterocycles. The number of carbonyl (C=O) groups is 1. The Morgan fingerprint density at radius 2 is 1.85 bits per heavy atom. The Kier molecular flexibility index (Phi) is 4.30. The van der Waals surface area contributed by atoms with E-state index in [0.29, 0.717) is 22.8 Å². The van der Waals surface area contributed by atoms with E-state index in [4.69, 9.17) is 17.3 Å². The first-order valence-electron chi connectivity index (χ1n) is 6.46. The maximum absolute atomic E-state index is 12.6. The van der Waals surface area contributed by atoms with E-state index in [2.05, 4.69) is 0 Å². The van der Waals surface area contributed by atoms with Crippen molar-refractivity contribution in [2.45, 2.75) is 13.8 Å². The van der Waals surface area contributed by atoms with Crippen LogP contribution in [0.25, 0.3) is 0 Å². The highest BCUT2D eigenvalue weighted by atomic mass is 35.5. The molecule has 104 valence electrons. The zero-order valence-corrected chi connectivity index (χ0v) is 12.3. The molecule has 0 unspecified atom stereocenters. The van der Waals surface area contributed by atoms with Crippen molar-refractivity contribution in [3.8, 4) is 0 Å². The Labute approximate surface area is 124 Å². The van der Waals surface area contributed by atoms with Gasteiger partial charge < -0.3 is 10.6 Å². The van der Waals surface area contributed by atoms with Crippen LogP contribution in [0.5, 0.6) is 0 Å². The smallest absolute Gasteiger partial charge is 0.258 e. The number of amides is 1. The molecule has 1 amide bonds. The topological polar surface area (TPSA) is 46.3 Å². The van der Waals surface area contributed by atoms with Crippen molar-refractivity contribution in [2.24, 2.45) is 0 Å². The Bertz CT molecular complexity index is 603. The highest BCUT2D eigenvalue weighted by Crippen LogP contribution is 2.21. The molecule has 2 rings (SSSR count). The number of nitrogens with two attached hydrogens (primary N) is 1. The number of hydrogen-bond donors (Lipinski definition) is 1. The van der Waals surface area contributed by atoms with Gasteiger partial charge in [-0.15, -0.1) is 0 Å². The van der Waals surface area contributed by atoms with Crippen molar-refractivity contribution < 1.29 is 4.79 Å². The number of aryl methyl sites for hydroxylation is 1. The first-order valence-corrected chi connectivity index (χ1v) is 6.83. The van der Waals surface area contributed by atoms with Crippen LogP contribution in [0, 0.1) is 6.92 Å². The third-order valence-corrected chi connectivity index (χ3v) is 3.29. The average molecular weight is 289 g/mol. The second kappa shape index (κ2) is 5.97. The summed E-state index contributed by atoms with van der Waals surface area (Å²) in [4.78, 5) is 14.3. The predicted octanol–water partition coefficient (Wildman–Crippen LogP) is 3.90. The van der Waals surface area contributed by atoms with Crippen LogP contribution in [0.15, 0.2) is 42.5 Å². The molecule has 0 bridgehead atoms. The molecule has 0 aliphatic rings. The zero-order valence-electron chi connectivity index (χ0n) is 11.6. The molecule has 0 aliphatic carbocycles. The molecule has 2 aromatic rings. The normalized spacial score (nSPS) is 10.3. The quantitative estimate of drug-likeness (QED) is 0.871. The van der Waals surface area contributed by atoms with E-state index in [1.165, 1.54) is 0 Å². The molecule has 20 heavy (non-hydrogen) atoms. The number of benzene rings is 2. The van der Waals surface area contributed by atoms with Crippen LogP contribution in [0.4, 0.5) is 11.4 Å². The summed E-state index contributed by atoms with van der Waals surface area (Å²) in [6.45, 7) is 4.53. The van der Waals surface area contributed by atoms with Crippen molar-refractivity contribution in [3.05, 3.63) is 58.6 Å². The fourth-order valence-corrected chi connectivity index (χ4v) is 2.30. The molecule has 0 heterocycles. The van der Waals surface area contributed by atoms with Gasteiger partial charge >= 0.3 is 0 Å². The van der Waals surface area contributed by atoms with Gasteiger partial charge in [-0.25, -0.2) is 0 Å². The van der Waals surface area contributed by atoms with Gasteiger partial charge in [0.1, 0.15) is 0 Å². The van der Waals surface area contributed by atoms with Crippen molar-refractivity contribution in [2.75, 3.05) is 17.2 Å². The van der Waals surface area contributed by atoms with E-state index < -0.39 is 0 Å². The minimum absolute atomic E-state index is 0.106. The second-order valence-corrected chi connectivity index (χ2v) is 5.09. The largest absolute Gasteiger partial charge is 0.399 e. The molecule has 0 atom stereocenters. The van der Waals surface area contributed by atoms with Gasteiger partial charge in [0.2, 0.25) is 0 Å². The number of rotatable bonds is 3. The Balaban J connectivity index is 2.36. The summed E-state index contributed by atoms with van der Waals surface area (Å²) in [5.41, 5.74) is 8.75. The van der Waals surface area contributed by atoms with E-state index in [1.54, 1.807) is 23.1 Å². The van der Waals surface area contributed by atoms with Gasteiger partial charge in [-0.1, -0.05) is 29.3 Å². The maximum atomic E-state index is 12.6. The summed E-state index contributed by atoms with van der Waals surface area (Å²) in [7, 11) is 0. The van der Waals surface area contributed by atoms with Gasteiger partial charge in [0.05, 0.1) is 0 Å². The lowest BCUT2D eigenvalue weighted by molar-refractivity contribution is 0.0988. The third kappa shape index (κ3) is 3.11. The molecular weight excluding hydrogens is 272 g/mol. The molecule has 2 N–H and O–H groups in total. The van der Waals surface area contributed by atoms with Gasteiger partial charge in [0.15, 0.2) is 0 Å². The van der Waals surface area contributed by atoms with Crippen LogP contribution in [0.2, 0.25) is 5.02 Å². The molecule has 0 spiro atoms. The van der Waals surface area contributed by atoms with E-state index in [1.807, 2.05) is 38.1 Å². The molecule has 0 fully saturated rings. The first kappa shape index (κ1) is 14.4. The number of nitrogens with zero attached hydrogens (tertiary/aromatic N) is 1. The van der Waals surface area contributed by atoms with Crippen molar-refractivity contribution in [1.29, 1.82) is 0 Å². The number of halogens is 1. The molecule has 3 nitrogen and oxygen atoms in total. The standard InChI is InChI=1S/C16H17ClN2O/c1-3-19(15-6-4-11(2)5-7-15)16(20)12-8-13(17)10-14(18)9-12/h4-10H,3,18H2,1-2H3. The summed E-state index contributed by atoms with van der Waals surface area (Å²) in [6.07, 6.45) is 0. The van der Waals surface area contributed by atoms with Crippen molar-refractivity contribution >= 4 is 28.9 Å². The van der Waals surface area contributed by atoms with E-state index >= 15 is 0 Å². The minimum atomic E-state index is -0.106. The molecular formula is C16H17ClN2O. The fraction of sp³-hybridized carbons (Fsp3) is 0.188. The Hall–Kier alpha value is -2.00. The van der Waals surface area contributed by atoms with Gasteiger partial charge in [-0.2, -0.15) is 0 Å². The molecule has 4 heteroatoms. The van der Waals surface area contributed by atoms with Crippen LogP contribution in [-0.2, 0) is 0 Å². The third-order valence-electron chi connectivity index (χ3n) is 3.07. The van der Waals surface area contributed by atoms with Crippen LogP contribution >= 0.6 is 11.6 Å². The predicted molar refractivity (Wildman–Crippen MR) is 84.4 cm³/mol.